The van der Waals surface area contributed by atoms with Gasteiger partial charge in [0, 0.05) is 0 Å². The van der Waals surface area contributed by atoms with E-state index in [0.29, 0.717) is 0 Å². The molecule has 0 atom stereocenters. The van der Waals surface area contributed by atoms with Crippen molar-refractivity contribution < 1.29 is 19.8 Å². The average Bonchev–Trinajstić information content (AvgIpc) is 2.46. The number of hydrogen-bond donors (Lipinski definition) is 2. The van der Waals surface area contributed by atoms with E-state index >= 15 is 0 Å². The van der Waals surface area contributed by atoms with Gasteiger partial charge in [0.15, 0.2) is 5.92 Å². The highest BCUT2D eigenvalue weighted by atomic mass is 16.4. The van der Waals surface area contributed by atoms with Gasteiger partial charge in [0.2, 0.25) is 0 Å². The first kappa shape index (κ1) is 20.7. The molecule has 0 saturated heterocycles. The van der Waals surface area contributed by atoms with Crippen molar-refractivity contribution in [1.29, 1.82) is 0 Å². The molecule has 0 rings (SSSR count). The minimum absolute atomic E-state index is 0.758. The maximum absolute atomic E-state index is 10.7. The van der Waals surface area contributed by atoms with Crippen LogP contribution in [0.25, 0.3) is 0 Å². The SMILES string of the molecule is CCCCCCCCCCCCC/C=C/C(C(=O)O)C(=O)O. The van der Waals surface area contributed by atoms with Crippen LogP contribution >= 0.6 is 0 Å². The zero-order chi connectivity index (χ0) is 16.6. The molecule has 4 nitrogen and oxygen atoms in total. The lowest BCUT2D eigenvalue weighted by molar-refractivity contribution is -0.151. The molecule has 0 saturated carbocycles. The molecule has 0 fully saturated rings. The first-order valence-corrected chi connectivity index (χ1v) is 8.71. The van der Waals surface area contributed by atoms with Crippen LogP contribution < -0.4 is 0 Å². The summed E-state index contributed by atoms with van der Waals surface area (Å²) in [6.45, 7) is 2.23. The Morgan fingerprint density at radius 1 is 0.773 bits per heavy atom. The molecular weight excluding hydrogens is 280 g/mol. The Labute approximate surface area is 134 Å². The van der Waals surface area contributed by atoms with Crippen LogP contribution in [0.15, 0.2) is 12.2 Å². The molecule has 22 heavy (non-hydrogen) atoms. The first-order chi connectivity index (χ1) is 10.6. The van der Waals surface area contributed by atoms with Gasteiger partial charge >= 0.3 is 11.9 Å². The third kappa shape index (κ3) is 12.4. The second kappa shape index (κ2) is 14.6. The lowest BCUT2D eigenvalue weighted by Gasteiger charge is -2.02. The first-order valence-electron chi connectivity index (χ1n) is 8.71. The number of hydrogen-bond acceptors (Lipinski definition) is 2. The number of carbonyl (C=O) groups is 2. The highest BCUT2D eigenvalue weighted by Crippen LogP contribution is 2.12. The molecule has 0 amide bonds. The summed E-state index contributed by atoms with van der Waals surface area (Å²) < 4.78 is 0. The third-order valence-electron chi connectivity index (χ3n) is 3.83. The molecule has 0 aromatic rings. The summed E-state index contributed by atoms with van der Waals surface area (Å²) in [4.78, 5) is 21.3. The summed E-state index contributed by atoms with van der Waals surface area (Å²) in [5.74, 6) is -4.02. The molecule has 0 aliphatic heterocycles. The second-order valence-electron chi connectivity index (χ2n) is 5.91. The van der Waals surface area contributed by atoms with Crippen molar-refractivity contribution in [2.24, 2.45) is 5.92 Å². The lowest BCUT2D eigenvalue weighted by Crippen LogP contribution is -2.20. The van der Waals surface area contributed by atoms with Crippen LogP contribution in [0.5, 0.6) is 0 Å². The predicted octanol–water partition coefficient (Wildman–Crippen LogP) is 5.03. The number of allylic oxidation sites excluding steroid dienone is 1. The molecule has 0 spiro atoms. The fourth-order valence-corrected chi connectivity index (χ4v) is 2.43. The second-order valence-corrected chi connectivity index (χ2v) is 5.91. The minimum Gasteiger partial charge on any atom is -0.480 e. The molecule has 4 heteroatoms. The monoisotopic (exact) mass is 312 g/mol. The predicted molar refractivity (Wildman–Crippen MR) is 89.0 cm³/mol. The number of aliphatic carboxylic acids is 2. The average molecular weight is 312 g/mol. The fraction of sp³-hybridized carbons (Fsp3) is 0.778. The quantitative estimate of drug-likeness (QED) is 0.253. The van der Waals surface area contributed by atoms with Crippen molar-refractivity contribution in [2.75, 3.05) is 0 Å². The van der Waals surface area contributed by atoms with Gasteiger partial charge < -0.3 is 10.2 Å². The number of rotatable bonds is 15. The molecule has 0 aromatic heterocycles. The molecule has 128 valence electrons. The Balaban J connectivity index is 3.39. The van der Waals surface area contributed by atoms with Gasteiger partial charge in [-0.3, -0.25) is 9.59 Å². The molecule has 2 N–H and O–H groups in total. The number of carboxylic acid groups (broad SMARTS) is 2. The molecule has 0 bridgehead atoms. The van der Waals surface area contributed by atoms with E-state index in [1.54, 1.807) is 6.08 Å². The van der Waals surface area contributed by atoms with Crippen LogP contribution in [0.2, 0.25) is 0 Å². The van der Waals surface area contributed by atoms with Crippen molar-refractivity contribution in [3.8, 4) is 0 Å². The molecule has 0 aliphatic carbocycles. The van der Waals surface area contributed by atoms with E-state index < -0.39 is 17.9 Å². The lowest BCUT2D eigenvalue weighted by atomic mass is 10.0. The normalized spacial score (nSPS) is 11.4. The van der Waals surface area contributed by atoms with Crippen LogP contribution in [-0.2, 0) is 9.59 Å². The standard InChI is InChI=1S/C18H32O4/c1-2-3-4-5-6-7-8-9-10-11-12-13-14-15-16(17(19)20)18(21)22/h14-16H,2-13H2,1H3,(H,19,20)(H,21,22)/b15-14+. The minimum atomic E-state index is -1.41. The van der Waals surface area contributed by atoms with Gasteiger partial charge in [-0.15, -0.1) is 0 Å². The zero-order valence-electron chi connectivity index (χ0n) is 13.9. The van der Waals surface area contributed by atoms with E-state index in [1.165, 1.54) is 63.9 Å². The maximum atomic E-state index is 10.7. The molecular formula is C18H32O4. The van der Waals surface area contributed by atoms with Crippen molar-refractivity contribution in [3.05, 3.63) is 12.2 Å². The van der Waals surface area contributed by atoms with Gasteiger partial charge in [-0.25, -0.2) is 0 Å². The summed E-state index contributed by atoms with van der Waals surface area (Å²) in [5, 5.41) is 17.4. The van der Waals surface area contributed by atoms with E-state index in [-0.39, 0.29) is 0 Å². The van der Waals surface area contributed by atoms with Gasteiger partial charge in [0.05, 0.1) is 0 Å². The number of unbranched alkanes of at least 4 members (excludes halogenated alkanes) is 11. The highest BCUT2D eigenvalue weighted by molar-refractivity contribution is 5.94. The summed E-state index contributed by atoms with van der Waals surface area (Å²) >= 11 is 0. The van der Waals surface area contributed by atoms with Gasteiger partial charge in [-0.05, 0) is 12.8 Å². The van der Waals surface area contributed by atoms with Crippen molar-refractivity contribution >= 4 is 11.9 Å². The van der Waals surface area contributed by atoms with E-state index in [2.05, 4.69) is 6.92 Å². The van der Waals surface area contributed by atoms with E-state index in [1.807, 2.05) is 0 Å². The smallest absolute Gasteiger partial charge is 0.321 e. The zero-order valence-corrected chi connectivity index (χ0v) is 13.9. The van der Waals surface area contributed by atoms with Gasteiger partial charge in [-0.1, -0.05) is 83.3 Å². The molecule has 0 unspecified atom stereocenters. The van der Waals surface area contributed by atoms with Crippen molar-refractivity contribution in [1.82, 2.24) is 0 Å². The highest BCUT2D eigenvalue weighted by Gasteiger charge is 2.21. The maximum Gasteiger partial charge on any atom is 0.321 e. The van der Waals surface area contributed by atoms with Crippen molar-refractivity contribution in [2.45, 2.75) is 84.0 Å². The fourth-order valence-electron chi connectivity index (χ4n) is 2.43. The van der Waals surface area contributed by atoms with Gasteiger partial charge in [-0.2, -0.15) is 0 Å². The van der Waals surface area contributed by atoms with E-state index in [4.69, 9.17) is 10.2 Å². The van der Waals surface area contributed by atoms with Crippen molar-refractivity contribution in [3.63, 3.8) is 0 Å². The summed E-state index contributed by atoms with van der Waals surface area (Å²) in [6, 6.07) is 0. The summed E-state index contributed by atoms with van der Waals surface area (Å²) in [6.07, 6.45) is 17.7. The summed E-state index contributed by atoms with van der Waals surface area (Å²) in [7, 11) is 0. The Morgan fingerprint density at radius 3 is 1.59 bits per heavy atom. The largest absolute Gasteiger partial charge is 0.480 e. The Bertz CT molecular complexity index is 309. The molecule has 0 aromatic carbocycles. The van der Waals surface area contributed by atoms with Crippen LogP contribution in [-0.4, -0.2) is 22.2 Å². The molecule has 0 radical (unpaired) electrons. The third-order valence-corrected chi connectivity index (χ3v) is 3.83. The number of carboxylic acids is 2. The Morgan fingerprint density at radius 2 is 1.18 bits per heavy atom. The van der Waals surface area contributed by atoms with E-state index in [0.717, 1.165) is 19.3 Å². The summed E-state index contributed by atoms with van der Waals surface area (Å²) in [5.41, 5.74) is 0. The Kier molecular flexibility index (Phi) is 13.7. The Hall–Kier alpha value is -1.32. The van der Waals surface area contributed by atoms with Crippen LogP contribution in [0, 0.1) is 5.92 Å². The van der Waals surface area contributed by atoms with Crippen LogP contribution in [0.1, 0.15) is 84.0 Å². The van der Waals surface area contributed by atoms with Crippen LogP contribution in [0.4, 0.5) is 0 Å². The molecule has 0 heterocycles. The van der Waals surface area contributed by atoms with Gasteiger partial charge in [0.25, 0.3) is 0 Å². The topological polar surface area (TPSA) is 74.6 Å². The van der Waals surface area contributed by atoms with Gasteiger partial charge in [0.1, 0.15) is 0 Å². The van der Waals surface area contributed by atoms with Crippen LogP contribution in [0.3, 0.4) is 0 Å². The van der Waals surface area contributed by atoms with E-state index in [9.17, 15) is 9.59 Å². The molecule has 0 aliphatic rings.